The van der Waals surface area contributed by atoms with Crippen LogP contribution in [0.4, 0.5) is 6.01 Å². The molecule has 2 aromatic heterocycles. The largest absolute Gasteiger partial charge is 0.422 e. The highest BCUT2D eigenvalue weighted by Crippen LogP contribution is 2.15. The molecule has 0 aromatic carbocycles. The number of nitrogen functional groups attached to an aromatic ring is 1. The second kappa shape index (κ2) is 3.33. The lowest BCUT2D eigenvalue weighted by Gasteiger charge is -1.96. The van der Waals surface area contributed by atoms with Crippen LogP contribution in [0.3, 0.4) is 0 Å². The van der Waals surface area contributed by atoms with Crippen LogP contribution in [0.1, 0.15) is 5.69 Å². The Balaban J connectivity index is 2.35. The summed E-state index contributed by atoms with van der Waals surface area (Å²) in [7, 11) is 0. The molecule has 14 heavy (non-hydrogen) atoms. The third-order valence-corrected chi connectivity index (χ3v) is 1.63. The van der Waals surface area contributed by atoms with Gasteiger partial charge in [0.25, 0.3) is 6.01 Å². The molecular weight excluding hydrogens is 184 g/mol. The van der Waals surface area contributed by atoms with Gasteiger partial charge >= 0.3 is 0 Å². The van der Waals surface area contributed by atoms with Gasteiger partial charge in [-0.3, -0.25) is 0 Å². The van der Waals surface area contributed by atoms with E-state index < -0.39 is 0 Å². The van der Waals surface area contributed by atoms with E-state index >= 15 is 0 Å². The molecule has 2 heterocycles. The van der Waals surface area contributed by atoms with Gasteiger partial charge in [-0.15, -0.1) is 5.16 Å². The molecule has 0 bridgehead atoms. The van der Waals surface area contributed by atoms with Crippen LogP contribution in [0, 0.1) is 0 Å². The Hall–Kier alpha value is -2.11. The van der Waals surface area contributed by atoms with Crippen molar-refractivity contribution in [2.24, 2.45) is 5.16 Å². The third-order valence-electron chi connectivity index (χ3n) is 1.63. The predicted octanol–water partition coefficient (Wildman–Crippen LogP) is 0.937. The fourth-order valence-corrected chi connectivity index (χ4v) is 1.07. The number of anilines is 1. The van der Waals surface area contributed by atoms with Gasteiger partial charge in [0.15, 0.2) is 12.2 Å². The first kappa shape index (κ1) is 8.49. The lowest BCUT2D eigenvalue weighted by atomic mass is 10.3. The molecule has 0 spiro atoms. The minimum Gasteiger partial charge on any atom is -0.422 e. The van der Waals surface area contributed by atoms with Gasteiger partial charge in [-0.05, 0) is 12.1 Å². The van der Waals surface area contributed by atoms with Crippen molar-refractivity contribution in [3.8, 4) is 0 Å². The minimum atomic E-state index is 0.104. The van der Waals surface area contributed by atoms with Crippen LogP contribution in [0.2, 0.25) is 0 Å². The molecule has 0 fully saturated rings. The van der Waals surface area contributed by atoms with Crippen LogP contribution in [-0.4, -0.2) is 16.7 Å². The molecule has 2 aromatic rings. The summed E-state index contributed by atoms with van der Waals surface area (Å²) in [4.78, 5) is 12.8. The van der Waals surface area contributed by atoms with Crippen molar-refractivity contribution in [3.63, 3.8) is 0 Å². The van der Waals surface area contributed by atoms with E-state index in [1.165, 1.54) is 0 Å². The molecule has 0 aliphatic carbocycles. The smallest absolute Gasteiger partial charge is 0.294 e. The van der Waals surface area contributed by atoms with Crippen LogP contribution in [0.25, 0.3) is 11.2 Å². The van der Waals surface area contributed by atoms with E-state index in [0.29, 0.717) is 16.9 Å². The van der Waals surface area contributed by atoms with Gasteiger partial charge in [0.2, 0.25) is 5.65 Å². The lowest BCUT2D eigenvalue weighted by Crippen LogP contribution is -1.91. The summed E-state index contributed by atoms with van der Waals surface area (Å²) in [6.07, 6.45) is 0. The number of aromatic nitrogens is 2. The number of oxazole rings is 1. The highest BCUT2D eigenvalue weighted by atomic mass is 16.6. The van der Waals surface area contributed by atoms with Gasteiger partial charge in [-0.25, -0.2) is 4.98 Å². The van der Waals surface area contributed by atoms with E-state index in [2.05, 4.69) is 21.8 Å². The zero-order valence-electron chi connectivity index (χ0n) is 7.30. The van der Waals surface area contributed by atoms with Gasteiger partial charge in [0.05, 0.1) is 5.69 Å². The molecule has 0 aliphatic heterocycles. The van der Waals surface area contributed by atoms with Crippen LogP contribution in [0.5, 0.6) is 0 Å². The van der Waals surface area contributed by atoms with Gasteiger partial charge in [-0.2, -0.15) is 4.98 Å². The van der Waals surface area contributed by atoms with Crippen LogP contribution < -0.4 is 5.73 Å². The van der Waals surface area contributed by atoms with Crippen LogP contribution >= 0.6 is 0 Å². The minimum absolute atomic E-state index is 0.104. The van der Waals surface area contributed by atoms with E-state index in [0.717, 1.165) is 0 Å². The molecule has 6 heteroatoms. The lowest BCUT2D eigenvalue weighted by molar-refractivity contribution is 0.130. The standard InChI is InChI=1S/C8H8N4O2/c1-10-13-4-5-2-3-6-7(11-5)12-8(9)14-6/h2-3H,1,4H2,(H2,9,11,12). The van der Waals surface area contributed by atoms with E-state index in [1.807, 2.05) is 0 Å². The van der Waals surface area contributed by atoms with Gasteiger partial charge in [-0.1, -0.05) is 0 Å². The molecule has 0 aliphatic rings. The fraction of sp³-hybridized carbons (Fsp3) is 0.125. The Morgan fingerprint density at radius 2 is 2.36 bits per heavy atom. The Morgan fingerprint density at radius 3 is 3.14 bits per heavy atom. The molecule has 6 nitrogen and oxygen atoms in total. The number of nitrogens with zero attached hydrogens (tertiary/aromatic N) is 3. The zero-order chi connectivity index (χ0) is 9.97. The second-order valence-corrected chi connectivity index (χ2v) is 2.58. The number of nitrogens with two attached hydrogens (primary N) is 1. The van der Waals surface area contributed by atoms with Crippen molar-refractivity contribution in [2.45, 2.75) is 6.61 Å². The molecule has 0 atom stereocenters. The number of fused-ring (bicyclic) bond motifs is 1. The second-order valence-electron chi connectivity index (χ2n) is 2.58. The first-order chi connectivity index (χ1) is 6.79. The maximum absolute atomic E-state index is 5.36. The Morgan fingerprint density at radius 1 is 1.50 bits per heavy atom. The molecule has 0 amide bonds. The highest BCUT2D eigenvalue weighted by Gasteiger charge is 2.04. The summed E-state index contributed by atoms with van der Waals surface area (Å²) in [5.41, 5.74) is 7.07. The van der Waals surface area contributed by atoms with Gasteiger partial charge in [0.1, 0.15) is 0 Å². The predicted molar refractivity (Wildman–Crippen MR) is 50.6 cm³/mol. The molecule has 0 unspecified atom stereocenters. The quantitative estimate of drug-likeness (QED) is 0.577. The van der Waals surface area contributed by atoms with Crippen LogP contribution in [0.15, 0.2) is 21.7 Å². The first-order valence-electron chi connectivity index (χ1n) is 3.89. The summed E-state index contributed by atoms with van der Waals surface area (Å²) < 4.78 is 5.05. The normalized spacial score (nSPS) is 10.3. The van der Waals surface area contributed by atoms with E-state index in [1.54, 1.807) is 12.1 Å². The number of oxime groups is 1. The summed E-state index contributed by atoms with van der Waals surface area (Å²) in [5.74, 6) is 0. The van der Waals surface area contributed by atoms with Crippen LogP contribution in [-0.2, 0) is 11.4 Å². The monoisotopic (exact) mass is 192 g/mol. The van der Waals surface area contributed by atoms with E-state index in [-0.39, 0.29) is 12.6 Å². The first-order valence-corrected chi connectivity index (χ1v) is 3.89. The van der Waals surface area contributed by atoms with Crippen molar-refractivity contribution in [1.29, 1.82) is 0 Å². The fourth-order valence-electron chi connectivity index (χ4n) is 1.07. The maximum atomic E-state index is 5.36. The molecule has 0 saturated carbocycles. The number of hydrogen-bond acceptors (Lipinski definition) is 6. The Labute approximate surface area is 79.4 Å². The average molecular weight is 192 g/mol. The molecule has 0 radical (unpaired) electrons. The van der Waals surface area contributed by atoms with Crippen molar-refractivity contribution >= 4 is 24.0 Å². The third kappa shape index (κ3) is 1.49. The highest BCUT2D eigenvalue weighted by molar-refractivity contribution is 5.69. The number of pyridine rings is 1. The molecule has 2 rings (SSSR count). The summed E-state index contributed by atoms with van der Waals surface area (Å²) in [6.45, 7) is 3.44. The molecular formula is C8H8N4O2. The zero-order valence-corrected chi connectivity index (χ0v) is 7.30. The van der Waals surface area contributed by atoms with Gasteiger partial charge in [0, 0.05) is 6.72 Å². The Kier molecular flexibility index (Phi) is 2.02. The maximum Gasteiger partial charge on any atom is 0.294 e. The van der Waals surface area contributed by atoms with Crippen molar-refractivity contribution < 1.29 is 9.25 Å². The molecule has 72 valence electrons. The topological polar surface area (TPSA) is 86.5 Å². The van der Waals surface area contributed by atoms with E-state index in [9.17, 15) is 0 Å². The van der Waals surface area contributed by atoms with E-state index in [4.69, 9.17) is 15.0 Å². The molecule has 2 N–H and O–H groups in total. The Bertz CT molecular complexity index is 465. The number of rotatable bonds is 3. The van der Waals surface area contributed by atoms with Crippen molar-refractivity contribution in [3.05, 3.63) is 17.8 Å². The average Bonchev–Trinajstić information content (AvgIpc) is 2.54. The summed E-state index contributed by atoms with van der Waals surface area (Å²) in [5, 5.41) is 3.26. The summed E-state index contributed by atoms with van der Waals surface area (Å²) >= 11 is 0. The number of hydrogen-bond donors (Lipinski definition) is 1. The molecule has 0 saturated heterocycles. The van der Waals surface area contributed by atoms with Crippen molar-refractivity contribution in [1.82, 2.24) is 9.97 Å². The van der Waals surface area contributed by atoms with Crippen molar-refractivity contribution in [2.75, 3.05) is 5.73 Å². The van der Waals surface area contributed by atoms with Gasteiger partial charge < -0.3 is 15.0 Å². The summed E-state index contributed by atoms with van der Waals surface area (Å²) in [6, 6.07) is 3.58. The SMILES string of the molecule is C=NOCc1ccc2oc(N)nc2n1.